The minimum absolute atomic E-state index is 0.108. The number of aryl methyl sites for hydroxylation is 2. The molecule has 0 saturated carbocycles. The number of carbonyl (C=O) groups excluding carboxylic acids is 1. The molecule has 1 aliphatic carbocycles. The summed E-state index contributed by atoms with van der Waals surface area (Å²) in [7, 11) is 0. The van der Waals surface area contributed by atoms with Crippen molar-refractivity contribution in [3.63, 3.8) is 0 Å². The van der Waals surface area contributed by atoms with Crippen molar-refractivity contribution < 1.29 is 4.79 Å². The normalized spacial score (nSPS) is 15.6. The standard InChI is InChI=1S/C12H13N3O2S2/c1-5(9(13)16)18-12-14-10(17)8-6-3-2-4-7(6)19-11(8)15-12/h5H,2-4H2,1H3,(H2,13,16)(H,14,15,17). The lowest BCUT2D eigenvalue weighted by Gasteiger charge is -2.05. The molecule has 19 heavy (non-hydrogen) atoms. The first-order valence-corrected chi connectivity index (χ1v) is 7.76. The molecule has 3 N–H and O–H groups in total. The average molecular weight is 295 g/mol. The van der Waals surface area contributed by atoms with Crippen molar-refractivity contribution in [1.29, 1.82) is 0 Å². The Hall–Kier alpha value is -1.34. The summed E-state index contributed by atoms with van der Waals surface area (Å²) in [6.07, 6.45) is 3.12. The van der Waals surface area contributed by atoms with Crippen LogP contribution in [0.2, 0.25) is 0 Å². The lowest BCUT2D eigenvalue weighted by Crippen LogP contribution is -2.23. The summed E-state index contributed by atoms with van der Waals surface area (Å²) in [5.74, 6) is -0.415. The molecule has 5 nitrogen and oxygen atoms in total. The fraction of sp³-hybridized carbons (Fsp3) is 0.417. The number of H-pyrrole nitrogens is 1. The summed E-state index contributed by atoms with van der Waals surface area (Å²) in [6.45, 7) is 1.70. The molecule has 100 valence electrons. The third-order valence-corrected chi connectivity index (χ3v) is 5.43. The molecule has 0 spiro atoms. The van der Waals surface area contributed by atoms with E-state index >= 15 is 0 Å². The Kier molecular flexibility index (Phi) is 3.10. The van der Waals surface area contributed by atoms with Crippen LogP contribution in [0.1, 0.15) is 23.8 Å². The van der Waals surface area contributed by atoms with Crippen molar-refractivity contribution in [2.75, 3.05) is 0 Å². The molecule has 1 aliphatic rings. The third kappa shape index (κ3) is 2.17. The molecule has 0 bridgehead atoms. The van der Waals surface area contributed by atoms with Crippen LogP contribution in [0.25, 0.3) is 10.2 Å². The maximum absolute atomic E-state index is 12.2. The molecule has 0 aliphatic heterocycles. The number of amides is 1. The first-order valence-electron chi connectivity index (χ1n) is 6.07. The molecule has 2 aromatic rings. The lowest BCUT2D eigenvalue weighted by atomic mass is 10.2. The molecule has 0 aromatic carbocycles. The van der Waals surface area contributed by atoms with Gasteiger partial charge in [0.15, 0.2) is 5.16 Å². The minimum atomic E-state index is -0.415. The molecule has 0 fully saturated rings. The fourth-order valence-electron chi connectivity index (χ4n) is 2.26. The molecule has 7 heteroatoms. The summed E-state index contributed by atoms with van der Waals surface area (Å²) in [5.41, 5.74) is 6.27. The molecular formula is C12H13N3O2S2. The van der Waals surface area contributed by atoms with Crippen LogP contribution < -0.4 is 11.3 Å². The van der Waals surface area contributed by atoms with E-state index in [0.29, 0.717) is 5.16 Å². The van der Waals surface area contributed by atoms with Crippen LogP contribution in [0, 0.1) is 0 Å². The van der Waals surface area contributed by atoms with Gasteiger partial charge in [0.25, 0.3) is 5.56 Å². The maximum Gasteiger partial charge on any atom is 0.260 e. The summed E-state index contributed by atoms with van der Waals surface area (Å²) in [5, 5.41) is 0.782. The topological polar surface area (TPSA) is 88.8 Å². The second-order valence-electron chi connectivity index (χ2n) is 4.57. The number of nitrogens with two attached hydrogens (primary N) is 1. The third-order valence-electron chi connectivity index (χ3n) is 3.24. The van der Waals surface area contributed by atoms with Crippen molar-refractivity contribution >= 4 is 39.2 Å². The van der Waals surface area contributed by atoms with Gasteiger partial charge in [-0.3, -0.25) is 9.59 Å². The Morgan fingerprint density at radius 2 is 2.32 bits per heavy atom. The largest absolute Gasteiger partial charge is 0.369 e. The number of nitrogens with one attached hydrogen (secondary N) is 1. The second kappa shape index (κ2) is 4.64. The predicted octanol–water partition coefficient (Wildman–Crippen LogP) is 1.44. The first-order chi connectivity index (χ1) is 9.06. The highest BCUT2D eigenvalue weighted by atomic mass is 32.2. The van der Waals surface area contributed by atoms with Gasteiger partial charge < -0.3 is 10.7 Å². The van der Waals surface area contributed by atoms with Gasteiger partial charge in [-0.15, -0.1) is 11.3 Å². The highest BCUT2D eigenvalue weighted by Crippen LogP contribution is 2.35. The van der Waals surface area contributed by atoms with Gasteiger partial charge in [0.1, 0.15) is 4.83 Å². The van der Waals surface area contributed by atoms with E-state index < -0.39 is 11.2 Å². The summed E-state index contributed by atoms with van der Waals surface area (Å²) < 4.78 is 0. The maximum atomic E-state index is 12.2. The Morgan fingerprint density at radius 3 is 3.05 bits per heavy atom. The summed E-state index contributed by atoms with van der Waals surface area (Å²) in [4.78, 5) is 32.4. The predicted molar refractivity (Wildman–Crippen MR) is 76.8 cm³/mol. The summed E-state index contributed by atoms with van der Waals surface area (Å²) >= 11 is 2.78. The molecule has 0 saturated heterocycles. The van der Waals surface area contributed by atoms with Crippen LogP contribution in [0.5, 0.6) is 0 Å². The average Bonchev–Trinajstić information content (AvgIpc) is 2.87. The zero-order valence-electron chi connectivity index (χ0n) is 10.4. The van der Waals surface area contributed by atoms with Crippen LogP contribution in [0.15, 0.2) is 9.95 Å². The monoisotopic (exact) mass is 295 g/mol. The molecule has 3 rings (SSSR count). The van der Waals surface area contributed by atoms with E-state index in [4.69, 9.17) is 5.73 Å². The van der Waals surface area contributed by atoms with Crippen LogP contribution in [0.3, 0.4) is 0 Å². The Bertz CT molecular complexity index is 720. The van der Waals surface area contributed by atoms with Gasteiger partial charge in [0.2, 0.25) is 5.91 Å². The number of thiophene rings is 1. The van der Waals surface area contributed by atoms with E-state index in [1.54, 1.807) is 18.3 Å². The van der Waals surface area contributed by atoms with E-state index in [9.17, 15) is 9.59 Å². The SMILES string of the molecule is CC(Sc1nc2sc3c(c2c(=O)[nH]1)CCC3)C(N)=O. The molecular weight excluding hydrogens is 282 g/mol. The van der Waals surface area contributed by atoms with Gasteiger partial charge in [0.05, 0.1) is 10.6 Å². The van der Waals surface area contributed by atoms with E-state index in [1.807, 2.05) is 0 Å². The zero-order valence-corrected chi connectivity index (χ0v) is 12.0. The summed E-state index contributed by atoms with van der Waals surface area (Å²) in [6, 6.07) is 0. The van der Waals surface area contributed by atoms with Crippen LogP contribution in [-0.4, -0.2) is 21.1 Å². The van der Waals surface area contributed by atoms with Gasteiger partial charge in [-0.2, -0.15) is 0 Å². The van der Waals surface area contributed by atoms with Crippen LogP contribution in [0.4, 0.5) is 0 Å². The van der Waals surface area contributed by atoms with Crippen molar-refractivity contribution in [1.82, 2.24) is 9.97 Å². The van der Waals surface area contributed by atoms with E-state index in [1.165, 1.54) is 16.6 Å². The Balaban J connectivity index is 2.06. The van der Waals surface area contributed by atoms with Crippen molar-refractivity contribution in [2.45, 2.75) is 36.6 Å². The highest BCUT2D eigenvalue weighted by molar-refractivity contribution is 8.00. The quantitative estimate of drug-likeness (QED) is 0.662. The van der Waals surface area contributed by atoms with Crippen LogP contribution >= 0.6 is 23.1 Å². The number of aromatic amines is 1. The van der Waals surface area contributed by atoms with Gasteiger partial charge in [-0.1, -0.05) is 11.8 Å². The molecule has 1 unspecified atom stereocenters. The van der Waals surface area contributed by atoms with Crippen molar-refractivity contribution in [2.24, 2.45) is 5.73 Å². The number of aromatic nitrogens is 2. The Morgan fingerprint density at radius 1 is 1.53 bits per heavy atom. The number of rotatable bonds is 3. The number of fused-ring (bicyclic) bond motifs is 3. The number of carbonyl (C=O) groups is 1. The number of nitrogens with zero attached hydrogens (tertiary/aromatic N) is 1. The van der Waals surface area contributed by atoms with Gasteiger partial charge in [-0.25, -0.2) is 4.98 Å². The fourth-order valence-corrected chi connectivity index (χ4v) is 4.33. The van der Waals surface area contributed by atoms with Crippen molar-refractivity contribution in [3.05, 3.63) is 20.8 Å². The Labute approximate surface area is 117 Å². The van der Waals surface area contributed by atoms with E-state index in [0.717, 1.165) is 35.0 Å². The molecule has 2 aromatic heterocycles. The zero-order chi connectivity index (χ0) is 13.6. The minimum Gasteiger partial charge on any atom is -0.369 e. The number of primary amides is 1. The van der Waals surface area contributed by atoms with Gasteiger partial charge >= 0.3 is 0 Å². The lowest BCUT2D eigenvalue weighted by molar-refractivity contribution is -0.117. The smallest absolute Gasteiger partial charge is 0.260 e. The highest BCUT2D eigenvalue weighted by Gasteiger charge is 2.22. The van der Waals surface area contributed by atoms with Crippen LogP contribution in [-0.2, 0) is 17.6 Å². The molecule has 2 heterocycles. The molecule has 1 atom stereocenters. The van der Waals surface area contributed by atoms with E-state index in [-0.39, 0.29) is 5.56 Å². The van der Waals surface area contributed by atoms with E-state index in [2.05, 4.69) is 9.97 Å². The first kappa shape index (κ1) is 12.7. The van der Waals surface area contributed by atoms with Gasteiger partial charge in [0, 0.05) is 4.88 Å². The van der Waals surface area contributed by atoms with Crippen molar-refractivity contribution in [3.8, 4) is 0 Å². The number of thioether (sulfide) groups is 1. The number of hydrogen-bond donors (Lipinski definition) is 2. The second-order valence-corrected chi connectivity index (χ2v) is 6.98. The molecule has 1 amide bonds. The van der Waals surface area contributed by atoms with Gasteiger partial charge in [-0.05, 0) is 31.7 Å². The number of hydrogen-bond acceptors (Lipinski definition) is 5. The molecule has 0 radical (unpaired) electrons.